The first kappa shape index (κ1) is 21.1. The zero-order valence-corrected chi connectivity index (χ0v) is 16.9. The fourth-order valence-electron chi connectivity index (χ4n) is 3.68. The van der Waals surface area contributed by atoms with Crippen LogP contribution in [0.15, 0.2) is 72.4 Å². The summed E-state index contributed by atoms with van der Waals surface area (Å²) < 4.78 is 0. The van der Waals surface area contributed by atoms with E-state index in [1.54, 1.807) is 4.90 Å². The first-order chi connectivity index (χ1) is 14.7. The fraction of sp³-hybridized carbons (Fsp3) is 0.292. The van der Waals surface area contributed by atoms with Crippen LogP contribution in [0.1, 0.15) is 23.6 Å². The minimum absolute atomic E-state index is 0.0732. The van der Waals surface area contributed by atoms with Gasteiger partial charge in [0.2, 0.25) is 0 Å². The molecule has 152 valence electrons. The highest BCUT2D eigenvalue weighted by Gasteiger charge is 2.29. The van der Waals surface area contributed by atoms with Crippen LogP contribution < -0.4 is 5.32 Å². The van der Waals surface area contributed by atoms with Crippen molar-refractivity contribution in [1.82, 2.24) is 15.1 Å². The second-order valence-electron chi connectivity index (χ2n) is 7.08. The Morgan fingerprint density at radius 3 is 2.03 bits per heavy atom. The Kier molecular flexibility index (Phi) is 7.60. The van der Waals surface area contributed by atoms with E-state index in [-0.39, 0.29) is 17.5 Å². The van der Waals surface area contributed by atoms with Crippen molar-refractivity contribution in [2.24, 2.45) is 0 Å². The maximum absolute atomic E-state index is 12.7. The summed E-state index contributed by atoms with van der Waals surface area (Å²) in [5, 5.41) is 20.8. The number of hydrogen-bond donors (Lipinski definition) is 1. The van der Waals surface area contributed by atoms with Crippen molar-refractivity contribution >= 4 is 5.91 Å². The maximum Gasteiger partial charge on any atom is 0.266 e. The third kappa shape index (κ3) is 5.26. The Morgan fingerprint density at radius 2 is 1.53 bits per heavy atom. The van der Waals surface area contributed by atoms with Gasteiger partial charge in [0, 0.05) is 38.9 Å². The molecule has 0 spiro atoms. The molecule has 0 unspecified atom stereocenters. The van der Waals surface area contributed by atoms with Crippen LogP contribution in [0.5, 0.6) is 0 Å². The van der Waals surface area contributed by atoms with E-state index in [9.17, 15) is 10.1 Å². The third-order valence-electron chi connectivity index (χ3n) is 5.18. The highest BCUT2D eigenvalue weighted by Crippen LogP contribution is 2.29. The molecule has 1 saturated heterocycles. The second-order valence-corrected chi connectivity index (χ2v) is 7.08. The van der Waals surface area contributed by atoms with Gasteiger partial charge in [0.05, 0.1) is 18.5 Å². The molecule has 2 aromatic rings. The Balaban J connectivity index is 1.69. The van der Waals surface area contributed by atoms with E-state index in [1.807, 2.05) is 48.5 Å². The van der Waals surface area contributed by atoms with Gasteiger partial charge < -0.3 is 10.2 Å². The minimum Gasteiger partial charge on any atom is -0.389 e. The smallest absolute Gasteiger partial charge is 0.266 e. The summed E-state index contributed by atoms with van der Waals surface area (Å²) in [5.74, 6) is -0.266. The number of benzene rings is 2. The molecule has 6 nitrogen and oxygen atoms in total. The number of nitrogens with one attached hydrogen (secondary N) is 1. The Morgan fingerprint density at radius 1 is 0.967 bits per heavy atom. The van der Waals surface area contributed by atoms with Crippen molar-refractivity contribution in [2.45, 2.75) is 12.5 Å². The molecule has 1 heterocycles. The predicted molar refractivity (Wildman–Crippen MR) is 115 cm³/mol. The molecule has 3 rings (SSSR count). The summed E-state index contributed by atoms with van der Waals surface area (Å²) in [5.41, 5.74) is 2.52. The molecule has 30 heavy (non-hydrogen) atoms. The summed E-state index contributed by atoms with van der Waals surface area (Å²) >= 11 is 0. The van der Waals surface area contributed by atoms with Crippen LogP contribution in [0.3, 0.4) is 0 Å². The van der Waals surface area contributed by atoms with Crippen molar-refractivity contribution in [3.8, 4) is 12.1 Å². The van der Waals surface area contributed by atoms with Crippen LogP contribution in [-0.2, 0) is 4.79 Å². The number of nitriles is 2. The number of carbonyl (C=O) groups is 1. The summed E-state index contributed by atoms with van der Waals surface area (Å²) in [4.78, 5) is 16.8. The van der Waals surface area contributed by atoms with Crippen molar-refractivity contribution in [3.05, 3.63) is 83.6 Å². The molecule has 0 radical (unpaired) electrons. The lowest BCUT2D eigenvalue weighted by Gasteiger charge is -2.39. The van der Waals surface area contributed by atoms with E-state index < -0.39 is 0 Å². The SMILES string of the molecule is N#CCCN/C=C(/C#N)C(=O)N1CCN(C(c2ccccc2)c2ccccc2)CC1. The van der Waals surface area contributed by atoms with E-state index in [1.165, 1.54) is 17.3 Å². The average Bonchev–Trinajstić information content (AvgIpc) is 2.81. The third-order valence-corrected chi connectivity index (χ3v) is 5.18. The van der Waals surface area contributed by atoms with Crippen molar-refractivity contribution in [1.29, 1.82) is 10.5 Å². The lowest BCUT2D eigenvalue weighted by Crippen LogP contribution is -2.50. The van der Waals surface area contributed by atoms with Gasteiger partial charge in [-0.25, -0.2) is 0 Å². The lowest BCUT2D eigenvalue weighted by molar-refractivity contribution is -0.128. The van der Waals surface area contributed by atoms with E-state index in [0.29, 0.717) is 26.1 Å². The lowest BCUT2D eigenvalue weighted by atomic mass is 9.96. The topological polar surface area (TPSA) is 83.2 Å². The van der Waals surface area contributed by atoms with Gasteiger partial charge >= 0.3 is 0 Å². The maximum atomic E-state index is 12.7. The zero-order valence-electron chi connectivity index (χ0n) is 16.9. The molecule has 1 N–H and O–H groups in total. The Labute approximate surface area is 177 Å². The Hall–Kier alpha value is -3.61. The summed E-state index contributed by atoms with van der Waals surface area (Å²) in [6, 6.07) is 24.9. The number of nitrogens with zero attached hydrogens (tertiary/aromatic N) is 4. The highest BCUT2D eigenvalue weighted by atomic mass is 16.2. The molecule has 0 atom stereocenters. The largest absolute Gasteiger partial charge is 0.389 e. The average molecular weight is 399 g/mol. The molecule has 0 bridgehead atoms. The van der Waals surface area contributed by atoms with E-state index >= 15 is 0 Å². The normalized spacial score (nSPS) is 14.8. The number of rotatable bonds is 7. The van der Waals surface area contributed by atoms with Gasteiger partial charge in [-0.1, -0.05) is 60.7 Å². The quantitative estimate of drug-likeness (QED) is 0.440. The monoisotopic (exact) mass is 399 g/mol. The molecular formula is C24H25N5O. The van der Waals surface area contributed by atoms with Gasteiger partial charge in [-0.3, -0.25) is 9.69 Å². The van der Waals surface area contributed by atoms with Crippen LogP contribution >= 0.6 is 0 Å². The van der Waals surface area contributed by atoms with Gasteiger partial charge in [0.15, 0.2) is 0 Å². The van der Waals surface area contributed by atoms with Crippen molar-refractivity contribution in [2.75, 3.05) is 32.7 Å². The van der Waals surface area contributed by atoms with E-state index in [4.69, 9.17) is 5.26 Å². The first-order valence-electron chi connectivity index (χ1n) is 10.1. The number of piperazine rings is 1. The zero-order chi connectivity index (χ0) is 21.2. The first-order valence-corrected chi connectivity index (χ1v) is 10.1. The van der Waals surface area contributed by atoms with Gasteiger partial charge in [-0.05, 0) is 11.1 Å². The summed E-state index contributed by atoms with van der Waals surface area (Å²) in [6.07, 6.45) is 1.74. The molecule has 0 aromatic heterocycles. The summed E-state index contributed by atoms with van der Waals surface area (Å²) in [7, 11) is 0. The molecule has 1 aliphatic rings. The molecule has 6 heteroatoms. The van der Waals surface area contributed by atoms with Gasteiger partial charge in [-0.15, -0.1) is 0 Å². The fourth-order valence-corrected chi connectivity index (χ4v) is 3.68. The molecule has 1 fully saturated rings. The van der Waals surface area contributed by atoms with Crippen molar-refractivity contribution < 1.29 is 4.79 Å². The second kappa shape index (κ2) is 10.8. The summed E-state index contributed by atoms with van der Waals surface area (Å²) in [6.45, 7) is 2.98. The van der Waals surface area contributed by atoms with E-state index in [2.05, 4.69) is 34.5 Å². The molecular weight excluding hydrogens is 374 g/mol. The van der Waals surface area contributed by atoms with E-state index in [0.717, 1.165) is 13.1 Å². The van der Waals surface area contributed by atoms with Crippen molar-refractivity contribution in [3.63, 3.8) is 0 Å². The molecule has 1 aliphatic heterocycles. The van der Waals surface area contributed by atoms with Gasteiger partial charge in [-0.2, -0.15) is 10.5 Å². The molecule has 1 amide bonds. The van der Waals surface area contributed by atoms with Gasteiger partial charge in [0.25, 0.3) is 5.91 Å². The van der Waals surface area contributed by atoms with Crippen LogP contribution in [0.4, 0.5) is 0 Å². The number of amides is 1. The number of hydrogen-bond acceptors (Lipinski definition) is 5. The molecule has 0 aliphatic carbocycles. The van der Waals surface area contributed by atoms with Crippen LogP contribution in [-0.4, -0.2) is 48.4 Å². The standard InChI is InChI=1S/C24H25N5O/c25-12-7-13-27-19-22(18-26)24(30)29-16-14-28(15-17-29)23(20-8-3-1-4-9-20)21-10-5-2-6-11-21/h1-6,8-11,19,23,27H,7,13-17H2/b22-19-. The van der Waals surface area contributed by atoms with Crippen LogP contribution in [0.25, 0.3) is 0 Å². The molecule has 2 aromatic carbocycles. The Bertz CT molecular complexity index is 896. The highest BCUT2D eigenvalue weighted by molar-refractivity contribution is 5.97. The predicted octanol–water partition coefficient (Wildman–Crippen LogP) is 2.83. The minimum atomic E-state index is -0.266. The van der Waals surface area contributed by atoms with Crippen LogP contribution in [0, 0.1) is 22.7 Å². The molecule has 0 saturated carbocycles. The number of carbonyl (C=O) groups excluding carboxylic acids is 1. The van der Waals surface area contributed by atoms with Crippen LogP contribution in [0.2, 0.25) is 0 Å². The van der Waals surface area contributed by atoms with Gasteiger partial charge in [0.1, 0.15) is 11.6 Å².